The molecule has 1 atom stereocenters. The molecule has 0 amide bonds. The molecule has 1 aliphatic rings. The topological polar surface area (TPSA) is 64.3 Å². The van der Waals surface area contributed by atoms with Crippen molar-refractivity contribution in [2.45, 2.75) is 19.5 Å². The minimum atomic E-state index is -0.747. The van der Waals surface area contributed by atoms with Crippen molar-refractivity contribution < 1.29 is 9.13 Å². The minimum absolute atomic E-state index is 0.436. The van der Waals surface area contributed by atoms with E-state index in [-0.39, 0.29) is 0 Å². The zero-order chi connectivity index (χ0) is 18.8. The first-order valence-corrected chi connectivity index (χ1v) is 9.71. The Labute approximate surface area is 161 Å². The van der Waals surface area contributed by atoms with Gasteiger partial charge in [0.25, 0.3) is 0 Å². The Kier molecular flexibility index (Phi) is 5.15. The van der Waals surface area contributed by atoms with E-state index < -0.39 is 6.08 Å². The fourth-order valence-corrected chi connectivity index (χ4v) is 4.27. The monoisotopic (exact) mass is 384 g/mol. The number of benzene rings is 1. The summed E-state index contributed by atoms with van der Waals surface area (Å²) in [6, 6.07) is 12.5. The van der Waals surface area contributed by atoms with Crippen LogP contribution in [0.1, 0.15) is 12.5 Å². The van der Waals surface area contributed by atoms with Crippen LogP contribution in [0.4, 0.5) is 10.1 Å². The van der Waals surface area contributed by atoms with E-state index in [2.05, 4.69) is 46.1 Å². The second kappa shape index (κ2) is 7.72. The van der Waals surface area contributed by atoms with Crippen molar-refractivity contribution in [3.8, 4) is 21.0 Å². The molecular weight excluding hydrogens is 363 g/mol. The largest absolute Gasteiger partial charge is 0.397 e. The van der Waals surface area contributed by atoms with Gasteiger partial charge in [-0.2, -0.15) is 4.39 Å². The molecule has 27 heavy (non-hydrogen) atoms. The molecule has 2 aromatic heterocycles. The summed E-state index contributed by atoms with van der Waals surface area (Å²) in [6.07, 6.45) is 0.654. The van der Waals surface area contributed by atoms with Gasteiger partial charge in [-0.15, -0.1) is 11.3 Å². The number of halogens is 1. The molecule has 1 aromatic carbocycles. The van der Waals surface area contributed by atoms with Gasteiger partial charge in [0.15, 0.2) is 0 Å². The fraction of sp³-hybridized carbons (Fsp3) is 0.300. The molecule has 3 aromatic rings. The molecule has 0 saturated carbocycles. The summed E-state index contributed by atoms with van der Waals surface area (Å²) in [5.41, 5.74) is 9.61. The van der Waals surface area contributed by atoms with Crippen LogP contribution in [0.2, 0.25) is 0 Å². The first-order valence-electron chi connectivity index (χ1n) is 8.89. The third-order valence-electron chi connectivity index (χ3n) is 4.75. The summed E-state index contributed by atoms with van der Waals surface area (Å²) < 4.78 is 18.8. The van der Waals surface area contributed by atoms with Crippen LogP contribution in [-0.4, -0.2) is 40.7 Å². The number of morpholine rings is 1. The van der Waals surface area contributed by atoms with Gasteiger partial charge in [-0.1, -0.05) is 24.3 Å². The normalized spacial score (nSPS) is 17.9. The summed E-state index contributed by atoms with van der Waals surface area (Å²) >= 11 is 1.51. The number of nitrogen functional groups attached to an aromatic ring is 1. The molecule has 0 bridgehead atoms. The van der Waals surface area contributed by atoms with E-state index in [4.69, 9.17) is 10.5 Å². The predicted molar refractivity (Wildman–Crippen MR) is 106 cm³/mol. The molecule has 7 heteroatoms. The highest BCUT2D eigenvalue weighted by Crippen LogP contribution is 2.39. The third kappa shape index (κ3) is 4.00. The molecule has 2 N–H and O–H groups in total. The molecule has 0 unspecified atom stereocenters. The van der Waals surface area contributed by atoms with Crippen LogP contribution in [0.5, 0.6) is 0 Å². The third-order valence-corrected chi connectivity index (χ3v) is 5.97. The summed E-state index contributed by atoms with van der Waals surface area (Å²) in [5.74, 6) is 0. The molecule has 0 radical (unpaired) electrons. The van der Waals surface area contributed by atoms with Crippen molar-refractivity contribution in [2.24, 2.45) is 0 Å². The lowest BCUT2D eigenvalue weighted by Gasteiger charge is -2.33. The van der Waals surface area contributed by atoms with Gasteiger partial charge in [0.1, 0.15) is 0 Å². The van der Waals surface area contributed by atoms with Crippen LogP contribution in [0.15, 0.2) is 42.6 Å². The van der Waals surface area contributed by atoms with Gasteiger partial charge >= 0.3 is 6.08 Å². The number of thiophene rings is 1. The summed E-state index contributed by atoms with van der Waals surface area (Å²) in [4.78, 5) is 11.6. The maximum absolute atomic E-state index is 13.3. The van der Waals surface area contributed by atoms with Gasteiger partial charge in [-0.3, -0.25) is 4.90 Å². The van der Waals surface area contributed by atoms with Crippen molar-refractivity contribution in [1.82, 2.24) is 14.9 Å². The van der Waals surface area contributed by atoms with Gasteiger partial charge in [-0.25, -0.2) is 9.97 Å². The van der Waals surface area contributed by atoms with Crippen molar-refractivity contribution in [1.29, 1.82) is 0 Å². The van der Waals surface area contributed by atoms with Crippen LogP contribution < -0.4 is 5.73 Å². The van der Waals surface area contributed by atoms with E-state index in [1.54, 1.807) is 6.07 Å². The van der Waals surface area contributed by atoms with Crippen molar-refractivity contribution >= 4 is 17.0 Å². The lowest BCUT2D eigenvalue weighted by Crippen LogP contribution is -2.42. The van der Waals surface area contributed by atoms with Crippen LogP contribution in [-0.2, 0) is 11.3 Å². The highest BCUT2D eigenvalue weighted by Gasteiger charge is 2.19. The Hall–Kier alpha value is -2.35. The Morgan fingerprint density at radius 2 is 2.11 bits per heavy atom. The lowest BCUT2D eigenvalue weighted by molar-refractivity contribution is -0.00436. The molecule has 1 fully saturated rings. The smallest absolute Gasteiger partial charge is 0.309 e. The van der Waals surface area contributed by atoms with E-state index >= 15 is 0 Å². The van der Waals surface area contributed by atoms with Crippen LogP contribution in [0, 0.1) is 6.08 Å². The number of ether oxygens (including phenoxy) is 1. The van der Waals surface area contributed by atoms with Gasteiger partial charge in [-0.05, 0) is 30.2 Å². The van der Waals surface area contributed by atoms with Crippen LogP contribution in [0.25, 0.3) is 21.0 Å². The Balaban J connectivity index is 1.53. The average Bonchev–Trinajstić information content (AvgIpc) is 3.06. The maximum atomic E-state index is 13.3. The molecule has 3 heterocycles. The zero-order valence-electron chi connectivity index (χ0n) is 15.1. The minimum Gasteiger partial charge on any atom is -0.397 e. The number of nitrogens with two attached hydrogens (primary N) is 1. The predicted octanol–water partition coefficient (Wildman–Crippen LogP) is 3.81. The average molecular weight is 384 g/mol. The molecule has 1 saturated heterocycles. The van der Waals surface area contributed by atoms with E-state index in [1.807, 2.05) is 6.07 Å². The van der Waals surface area contributed by atoms with Gasteiger partial charge < -0.3 is 10.5 Å². The van der Waals surface area contributed by atoms with E-state index in [0.29, 0.717) is 17.4 Å². The Morgan fingerprint density at radius 1 is 1.30 bits per heavy atom. The molecule has 0 aliphatic carbocycles. The molecule has 4 rings (SSSR count). The SMILES string of the molecule is C[C@H]1COCCN1Cc1ccc(-c2cc(N)c(-c3ccnc(F)n3)s2)cc1. The Morgan fingerprint density at radius 3 is 2.85 bits per heavy atom. The second-order valence-electron chi connectivity index (χ2n) is 6.70. The standard InChI is InChI=1S/C20H21FN4OS/c1-13-12-26-9-8-25(13)11-14-2-4-15(5-3-14)18-10-16(22)19(27-18)17-6-7-23-20(21)24-17/h2-7,10,13H,8-9,11-12,22H2,1H3/t13-/m0/s1. The van der Waals surface area contributed by atoms with Crippen molar-refractivity contribution in [3.05, 3.63) is 54.2 Å². The summed E-state index contributed by atoms with van der Waals surface area (Å²) in [7, 11) is 0. The van der Waals surface area contributed by atoms with E-state index in [0.717, 1.165) is 41.6 Å². The van der Waals surface area contributed by atoms with Crippen LogP contribution >= 0.6 is 11.3 Å². The molecule has 0 spiro atoms. The lowest BCUT2D eigenvalue weighted by atomic mass is 10.1. The number of nitrogens with zero attached hydrogens (tertiary/aromatic N) is 3. The zero-order valence-corrected chi connectivity index (χ0v) is 15.9. The molecule has 1 aliphatic heterocycles. The fourth-order valence-electron chi connectivity index (χ4n) is 3.21. The summed E-state index contributed by atoms with van der Waals surface area (Å²) in [6.45, 7) is 5.66. The molecular formula is C20H21FN4OS. The second-order valence-corrected chi connectivity index (χ2v) is 7.75. The number of hydrogen-bond acceptors (Lipinski definition) is 6. The summed E-state index contributed by atoms with van der Waals surface area (Å²) in [5, 5.41) is 0. The molecule has 5 nitrogen and oxygen atoms in total. The van der Waals surface area contributed by atoms with Gasteiger partial charge in [0, 0.05) is 30.2 Å². The van der Waals surface area contributed by atoms with Gasteiger partial charge in [0.05, 0.1) is 29.5 Å². The maximum Gasteiger partial charge on any atom is 0.309 e. The van der Waals surface area contributed by atoms with E-state index in [9.17, 15) is 4.39 Å². The quantitative estimate of drug-likeness (QED) is 0.693. The van der Waals surface area contributed by atoms with Crippen molar-refractivity contribution in [2.75, 3.05) is 25.5 Å². The molecule has 140 valence electrons. The van der Waals surface area contributed by atoms with Gasteiger partial charge in [0.2, 0.25) is 0 Å². The number of hydrogen-bond donors (Lipinski definition) is 1. The van der Waals surface area contributed by atoms with Crippen LogP contribution in [0.3, 0.4) is 0 Å². The van der Waals surface area contributed by atoms with E-state index in [1.165, 1.54) is 23.1 Å². The number of rotatable bonds is 4. The first-order chi connectivity index (χ1) is 13.1. The number of aromatic nitrogens is 2. The Bertz CT molecular complexity index is 928. The highest BCUT2D eigenvalue weighted by molar-refractivity contribution is 7.19. The highest BCUT2D eigenvalue weighted by atomic mass is 32.1. The first kappa shape index (κ1) is 18.0. The number of anilines is 1. The van der Waals surface area contributed by atoms with Crippen molar-refractivity contribution in [3.63, 3.8) is 0 Å².